The lowest BCUT2D eigenvalue weighted by Gasteiger charge is -2.09. The molecule has 0 aliphatic carbocycles. The summed E-state index contributed by atoms with van der Waals surface area (Å²) in [7, 11) is 0. The number of rotatable bonds is 3. The summed E-state index contributed by atoms with van der Waals surface area (Å²) in [6, 6.07) is 8.89. The Morgan fingerprint density at radius 2 is 2.11 bits per heavy atom. The molecule has 1 aromatic carbocycles. The number of aryl methyl sites for hydroxylation is 1. The highest BCUT2D eigenvalue weighted by Gasteiger charge is 2.04. The van der Waals surface area contributed by atoms with E-state index in [1.54, 1.807) is 24.4 Å². The van der Waals surface area contributed by atoms with Crippen molar-refractivity contribution in [2.75, 3.05) is 0 Å². The van der Waals surface area contributed by atoms with Crippen molar-refractivity contribution in [3.63, 3.8) is 0 Å². The first kappa shape index (κ1) is 12.8. The van der Waals surface area contributed by atoms with Crippen molar-refractivity contribution in [1.82, 2.24) is 4.98 Å². The van der Waals surface area contributed by atoms with E-state index in [2.05, 4.69) is 4.98 Å². The fourth-order valence-electron chi connectivity index (χ4n) is 1.46. The van der Waals surface area contributed by atoms with Crippen LogP contribution >= 0.6 is 23.8 Å². The van der Waals surface area contributed by atoms with Crippen LogP contribution in [0.25, 0.3) is 0 Å². The zero-order valence-corrected chi connectivity index (χ0v) is 11.3. The van der Waals surface area contributed by atoms with Gasteiger partial charge in [-0.05, 0) is 36.8 Å². The number of pyridine rings is 1. The topological polar surface area (TPSA) is 48.1 Å². The molecule has 0 aliphatic rings. The van der Waals surface area contributed by atoms with Crippen LogP contribution in [0.4, 0.5) is 0 Å². The van der Waals surface area contributed by atoms with E-state index >= 15 is 0 Å². The van der Waals surface area contributed by atoms with Gasteiger partial charge in [-0.1, -0.05) is 23.8 Å². The van der Waals surface area contributed by atoms with E-state index in [1.165, 1.54) is 0 Å². The molecule has 0 bridgehead atoms. The van der Waals surface area contributed by atoms with Crippen molar-refractivity contribution >= 4 is 28.8 Å². The van der Waals surface area contributed by atoms with Crippen LogP contribution in [0.15, 0.2) is 36.5 Å². The van der Waals surface area contributed by atoms with Gasteiger partial charge in [-0.2, -0.15) is 0 Å². The molecule has 0 amide bonds. The third kappa shape index (κ3) is 2.97. The van der Waals surface area contributed by atoms with Gasteiger partial charge in [0.25, 0.3) is 0 Å². The summed E-state index contributed by atoms with van der Waals surface area (Å²) in [5, 5.41) is 0.679. The van der Waals surface area contributed by atoms with Crippen molar-refractivity contribution in [1.29, 1.82) is 0 Å². The van der Waals surface area contributed by atoms with Gasteiger partial charge in [-0.15, -0.1) is 0 Å². The number of nitrogens with two attached hydrogens (primary N) is 1. The number of benzene rings is 1. The zero-order valence-electron chi connectivity index (χ0n) is 9.68. The van der Waals surface area contributed by atoms with Crippen LogP contribution in [0.5, 0.6) is 11.5 Å². The molecule has 18 heavy (non-hydrogen) atoms. The smallest absolute Gasteiger partial charge is 0.131 e. The molecule has 0 aliphatic heterocycles. The molecule has 2 aromatic rings. The monoisotopic (exact) mass is 278 g/mol. The minimum Gasteiger partial charge on any atom is -0.457 e. The standard InChI is InChI=1S/C13H11ClN2OS/c1-8-6-9(14)2-3-12(8)17-10-4-5-16-11(7-10)13(15)18/h2-7H,1H3,(H2,15,18). The third-order valence-corrected chi connectivity index (χ3v) is 2.79. The molecule has 92 valence electrons. The maximum atomic E-state index is 5.89. The highest BCUT2D eigenvalue weighted by molar-refractivity contribution is 7.80. The van der Waals surface area contributed by atoms with Crippen molar-refractivity contribution in [2.24, 2.45) is 5.73 Å². The van der Waals surface area contributed by atoms with Crippen molar-refractivity contribution in [3.05, 3.63) is 52.8 Å². The molecule has 0 fully saturated rings. The Morgan fingerprint density at radius 3 is 2.78 bits per heavy atom. The van der Waals surface area contributed by atoms with Gasteiger partial charge in [0.15, 0.2) is 0 Å². The average Bonchev–Trinajstić information content (AvgIpc) is 2.33. The van der Waals surface area contributed by atoms with Gasteiger partial charge >= 0.3 is 0 Å². The van der Waals surface area contributed by atoms with Crippen LogP contribution in [-0.2, 0) is 0 Å². The lowest BCUT2D eigenvalue weighted by molar-refractivity contribution is 0.478. The van der Waals surface area contributed by atoms with Crippen molar-refractivity contribution in [2.45, 2.75) is 6.92 Å². The zero-order chi connectivity index (χ0) is 13.1. The predicted octanol–water partition coefficient (Wildman–Crippen LogP) is 3.47. The first-order valence-corrected chi connectivity index (χ1v) is 6.05. The number of hydrogen-bond acceptors (Lipinski definition) is 3. The van der Waals surface area contributed by atoms with E-state index in [9.17, 15) is 0 Å². The number of hydrogen-bond donors (Lipinski definition) is 1. The Kier molecular flexibility index (Phi) is 3.79. The molecule has 1 aromatic heterocycles. The number of nitrogens with zero attached hydrogens (tertiary/aromatic N) is 1. The largest absolute Gasteiger partial charge is 0.457 e. The number of halogens is 1. The van der Waals surface area contributed by atoms with Gasteiger partial charge < -0.3 is 10.5 Å². The fourth-order valence-corrected chi connectivity index (χ4v) is 1.80. The molecular weight excluding hydrogens is 268 g/mol. The molecule has 0 unspecified atom stereocenters. The van der Waals surface area contributed by atoms with Crippen LogP contribution in [0.1, 0.15) is 11.3 Å². The Morgan fingerprint density at radius 1 is 1.33 bits per heavy atom. The Balaban J connectivity index is 2.28. The molecule has 0 saturated heterocycles. The minimum atomic E-state index is 0.244. The van der Waals surface area contributed by atoms with Crippen molar-refractivity contribution < 1.29 is 4.74 Å². The molecule has 2 rings (SSSR count). The highest BCUT2D eigenvalue weighted by atomic mass is 35.5. The summed E-state index contributed by atoms with van der Waals surface area (Å²) < 4.78 is 5.74. The van der Waals surface area contributed by atoms with E-state index in [-0.39, 0.29) is 4.99 Å². The number of ether oxygens (including phenoxy) is 1. The summed E-state index contributed by atoms with van der Waals surface area (Å²) in [4.78, 5) is 4.29. The molecule has 1 heterocycles. The molecule has 0 radical (unpaired) electrons. The van der Waals surface area contributed by atoms with E-state index in [4.69, 9.17) is 34.3 Å². The fraction of sp³-hybridized carbons (Fsp3) is 0.0769. The molecular formula is C13H11ClN2OS. The Bertz CT molecular complexity index is 601. The third-order valence-electron chi connectivity index (χ3n) is 2.35. The molecule has 3 nitrogen and oxygen atoms in total. The van der Waals surface area contributed by atoms with E-state index in [0.717, 1.165) is 11.3 Å². The first-order valence-electron chi connectivity index (χ1n) is 5.26. The quantitative estimate of drug-likeness (QED) is 0.874. The van der Waals surface area contributed by atoms with Crippen LogP contribution < -0.4 is 10.5 Å². The SMILES string of the molecule is Cc1cc(Cl)ccc1Oc1ccnc(C(N)=S)c1. The second kappa shape index (κ2) is 5.33. The van der Waals surface area contributed by atoms with Gasteiger partial charge in [0.2, 0.25) is 0 Å². The summed E-state index contributed by atoms with van der Waals surface area (Å²) in [6.45, 7) is 1.93. The Hall–Kier alpha value is -1.65. The normalized spacial score (nSPS) is 10.1. The van der Waals surface area contributed by atoms with Gasteiger partial charge in [-0.25, -0.2) is 0 Å². The molecule has 0 atom stereocenters. The summed E-state index contributed by atoms with van der Waals surface area (Å²) >= 11 is 10.8. The van der Waals surface area contributed by atoms with Crippen LogP contribution in [0, 0.1) is 6.92 Å². The second-order valence-electron chi connectivity index (χ2n) is 3.75. The maximum absolute atomic E-state index is 5.89. The summed E-state index contributed by atoms with van der Waals surface area (Å²) in [5.41, 5.74) is 7.01. The minimum absolute atomic E-state index is 0.244. The highest BCUT2D eigenvalue weighted by Crippen LogP contribution is 2.27. The van der Waals surface area contributed by atoms with Crippen LogP contribution in [0.3, 0.4) is 0 Å². The molecule has 5 heteroatoms. The van der Waals surface area contributed by atoms with E-state index in [0.29, 0.717) is 16.5 Å². The van der Waals surface area contributed by atoms with Gasteiger partial charge in [0, 0.05) is 17.3 Å². The van der Waals surface area contributed by atoms with E-state index in [1.807, 2.05) is 19.1 Å². The van der Waals surface area contributed by atoms with Crippen molar-refractivity contribution in [3.8, 4) is 11.5 Å². The number of aromatic nitrogens is 1. The predicted molar refractivity (Wildman–Crippen MR) is 76.4 cm³/mol. The first-order chi connectivity index (χ1) is 8.56. The molecule has 2 N–H and O–H groups in total. The van der Waals surface area contributed by atoms with Crippen LogP contribution in [0.2, 0.25) is 5.02 Å². The summed E-state index contributed by atoms with van der Waals surface area (Å²) in [5.74, 6) is 1.37. The summed E-state index contributed by atoms with van der Waals surface area (Å²) in [6.07, 6.45) is 1.61. The van der Waals surface area contributed by atoms with Crippen LogP contribution in [-0.4, -0.2) is 9.97 Å². The maximum Gasteiger partial charge on any atom is 0.131 e. The molecule has 0 saturated carbocycles. The van der Waals surface area contributed by atoms with Gasteiger partial charge in [0.05, 0.1) is 0 Å². The second-order valence-corrected chi connectivity index (χ2v) is 4.63. The van der Waals surface area contributed by atoms with Gasteiger partial charge in [-0.3, -0.25) is 4.98 Å². The average molecular weight is 279 g/mol. The lowest BCUT2D eigenvalue weighted by atomic mass is 10.2. The number of thiocarbonyl (C=S) groups is 1. The molecule has 0 spiro atoms. The Labute approximate surface area is 116 Å². The van der Waals surface area contributed by atoms with Gasteiger partial charge in [0.1, 0.15) is 22.2 Å². The van der Waals surface area contributed by atoms with E-state index < -0.39 is 0 Å². The lowest BCUT2D eigenvalue weighted by Crippen LogP contribution is -2.11.